The number of carbonyl (C=O) groups is 2. The fourth-order valence-corrected chi connectivity index (χ4v) is 2.95. The van der Waals surface area contributed by atoms with Gasteiger partial charge in [0.15, 0.2) is 0 Å². The van der Waals surface area contributed by atoms with Crippen LogP contribution in [0.5, 0.6) is 0 Å². The largest absolute Gasteiger partial charge is 0.382 e. The van der Waals surface area contributed by atoms with Gasteiger partial charge in [-0.25, -0.2) is 4.98 Å². The van der Waals surface area contributed by atoms with Gasteiger partial charge >= 0.3 is 0 Å². The van der Waals surface area contributed by atoms with Crippen molar-refractivity contribution in [1.29, 1.82) is 0 Å². The number of nitrogens with two attached hydrogens (primary N) is 1. The molecule has 1 atom stereocenters. The van der Waals surface area contributed by atoms with Gasteiger partial charge in [-0.2, -0.15) is 0 Å². The number of hydrogen-bond acceptors (Lipinski definition) is 5. The van der Waals surface area contributed by atoms with Gasteiger partial charge in [-0.1, -0.05) is 25.0 Å². The molecular weight excluding hydrogens is 382 g/mol. The molecule has 0 spiro atoms. The molecule has 0 radical (unpaired) electrons. The lowest BCUT2D eigenvalue weighted by Gasteiger charge is -2.23. The van der Waals surface area contributed by atoms with Gasteiger partial charge in [-0.05, 0) is 36.9 Å². The Morgan fingerprint density at radius 1 is 1.22 bits per heavy atom. The summed E-state index contributed by atoms with van der Waals surface area (Å²) in [6, 6.07) is 6.92. The van der Waals surface area contributed by atoms with Gasteiger partial charge in [0.2, 0.25) is 11.7 Å². The van der Waals surface area contributed by atoms with Crippen molar-refractivity contribution in [2.24, 2.45) is 7.05 Å². The Kier molecular flexibility index (Phi) is 6.72. The number of hydrogen-bond donors (Lipinski definition) is 3. The lowest BCUT2D eigenvalue weighted by molar-refractivity contribution is -0.116. The number of imidazole rings is 1. The number of amides is 2. The number of anilines is 3. The van der Waals surface area contributed by atoms with E-state index in [1.807, 2.05) is 6.26 Å². The molecule has 0 aliphatic carbocycles. The number of rotatable bonds is 7. The normalized spacial score (nSPS) is 12.4. The second kappa shape index (κ2) is 8.62. The number of nitrogens with one attached hydrogen (secondary N) is 2. The minimum Gasteiger partial charge on any atom is -0.382 e. The molecule has 2 amide bonds. The quantitative estimate of drug-likeness (QED) is 0.654. The number of nitrogen functional groups attached to an aromatic ring is 1. The first-order valence-corrected chi connectivity index (χ1v) is 11.0. The molecule has 0 aliphatic rings. The molecule has 0 bridgehead atoms. The number of aromatic nitrogens is 2. The summed E-state index contributed by atoms with van der Waals surface area (Å²) in [6.07, 6.45) is 4.74. The maximum Gasteiger partial charge on any atom is 0.291 e. The van der Waals surface area contributed by atoms with Crippen molar-refractivity contribution < 1.29 is 9.59 Å². The molecule has 0 fully saturated rings. The monoisotopic (exact) mass is 407 g/mol. The summed E-state index contributed by atoms with van der Waals surface area (Å²) in [4.78, 5) is 28.3. The Balaban J connectivity index is 1.91. The SMILES string of the molecule is Cn1cc(N)nc1C(=O)Nc1ccc(NC(=O)CCC(C)(C)S(C)=S)cc1. The highest BCUT2D eigenvalue weighted by Crippen LogP contribution is 2.20. The van der Waals surface area contributed by atoms with Crippen LogP contribution in [0.3, 0.4) is 0 Å². The van der Waals surface area contributed by atoms with E-state index in [1.165, 1.54) is 0 Å². The minimum atomic E-state index is -0.355. The van der Waals surface area contributed by atoms with Crippen molar-refractivity contribution in [3.63, 3.8) is 0 Å². The van der Waals surface area contributed by atoms with Gasteiger partial charge in [-0.15, -0.1) is 9.45 Å². The van der Waals surface area contributed by atoms with Gasteiger partial charge in [0.05, 0.1) is 0 Å². The summed E-state index contributed by atoms with van der Waals surface area (Å²) >= 11 is 5.34. The van der Waals surface area contributed by atoms with E-state index in [1.54, 1.807) is 42.1 Å². The summed E-state index contributed by atoms with van der Waals surface area (Å²) in [7, 11) is 1.53. The average molecular weight is 408 g/mol. The van der Waals surface area contributed by atoms with Crippen LogP contribution < -0.4 is 16.4 Å². The van der Waals surface area contributed by atoms with Gasteiger partial charge in [0.25, 0.3) is 5.91 Å². The van der Waals surface area contributed by atoms with Crippen LogP contribution in [0.25, 0.3) is 0 Å². The minimum absolute atomic E-state index is 0.0326. The highest BCUT2D eigenvalue weighted by Gasteiger charge is 2.20. The fourth-order valence-electron chi connectivity index (χ4n) is 2.31. The van der Waals surface area contributed by atoms with Crippen LogP contribution in [0.4, 0.5) is 17.2 Å². The van der Waals surface area contributed by atoms with E-state index < -0.39 is 0 Å². The van der Waals surface area contributed by atoms with Crippen molar-refractivity contribution in [2.45, 2.75) is 31.4 Å². The molecule has 146 valence electrons. The number of aryl methyl sites for hydroxylation is 1. The zero-order chi connectivity index (χ0) is 20.2. The van der Waals surface area contributed by atoms with E-state index in [-0.39, 0.29) is 37.7 Å². The second-order valence-corrected chi connectivity index (χ2v) is 10.4. The topological polar surface area (TPSA) is 102 Å². The Hall–Kier alpha value is -2.26. The average Bonchev–Trinajstić information content (AvgIpc) is 2.93. The van der Waals surface area contributed by atoms with Crippen LogP contribution in [-0.4, -0.2) is 32.4 Å². The summed E-state index contributed by atoms with van der Waals surface area (Å²) in [5.74, 6) is 0.106. The third kappa shape index (κ3) is 5.86. The first-order chi connectivity index (χ1) is 12.6. The molecular formula is C18H25N5O2S2. The lowest BCUT2D eigenvalue weighted by atomic mass is 10.1. The molecule has 0 aliphatic heterocycles. The summed E-state index contributed by atoms with van der Waals surface area (Å²) in [5.41, 5.74) is 6.86. The molecule has 9 heteroatoms. The van der Waals surface area contributed by atoms with Crippen LogP contribution >= 0.6 is 0 Å². The smallest absolute Gasteiger partial charge is 0.291 e. The molecule has 7 nitrogen and oxygen atoms in total. The van der Waals surface area contributed by atoms with Crippen molar-refractivity contribution in [1.82, 2.24) is 9.55 Å². The zero-order valence-corrected chi connectivity index (χ0v) is 17.5. The van der Waals surface area contributed by atoms with E-state index >= 15 is 0 Å². The van der Waals surface area contributed by atoms with E-state index in [0.29, 0.717) is 17.8 Å². The molecule has 0 saturated heterocycles. The summed E-state index contributed by atoms with van der Waals surface area (Å²) < 4.78 is 1.53. The third-order valence-electron chi connectivity index (χ3n) is 4.26. The van der Waals surface area contributed by atoms with Crippen molar-refractivity contribution in [3.8, 4) is 0 Å². The Morgan fingerprint density at radius 2 is 1.78 bits per heavy atom. The van der Waals surface area contributed by atoms with Crippen LogP contribution in [0, 0.1) is 0 Å². The van der Waals surface area contributed by atoms with E-state index in [4.69, 9.17) is 16.9 Å². The highest BCUT2D eigenvalue weighted by atomic mass is 32.8. The molecule has 0 saturated carbocycles. The molecule has 1 heterocycles. The zero-order valence-electron chi connectivity index (χ0n) is 15.9. The maximum atomic E-state index is 12.2. The van der Waals surface area contributed by atoms with Crippen LogP contribution in [-0.2, 0) is 32.5 Å². The van der Waals surface area contributed by atoms with Gasteiger partial charge < -0.3 is 20.9 Å². The molecule has 2 aromatic rings. The summed E-state index contributed by atoms with van der Waals surface area (Å²) in [5, 5.41) is 5.61. The number of nitrogens with zero attached hydrogens (tertiary/aromatic N) is 2. The standard InChI is InChI=1S/C18H25N5O2S2/c1-18(2,27(4)26)10-9-15(24)20-12-5-7-13(8-6-12)21-17(25)16-22-14(19)11-23(16)3/h5-8,11H,9-10,19H2,1-4H3,(H,20,24)(H,21,25). The number of benzene rings is 1. The maximum absolute atomic E-state index is 12.2. The Labute approximate surface area is 166 Å². The van der Waals surface area contributed by atoms with E-state index in [2.05, 4.69) is 29.5 Å². The molecule has 1 unspecified atom stereocenters. The summed E-state index contributed by atoms with van der Waals surface area (Å²) in [6.45, 7) is 4.17. The molecule has 2 rings (SSSR count). The van der Waals surface area contributed by atoms with Crippen LogP contribution in [0.15, 0.2) is 30.5 Å². The molecule has 1 aromatic carbocycles. The van der Waals surface area contributed by atoms with E-state index in [0.717, 1.165) is 6.42 Å². The van der Waals surface area contributed by atoms with Gasteiger partial charge in [-0.3, -0.25) is 9.59 Å². The third-order valence-corrected chi connectivity index (χ3v) is 7.37. The van der Waals surface area contributed by atoms with Crippen LogP contribution in [0.1, 0.15) is 37.3 Å². The molecule has 27 heavy (non-hydrogen) atoms. The predicted molar refractivity (Wildman–Crippen MR) is 115 cm³/mol. The Bertz CT molecular complexity index is 859. The highest BCUT2D eigenvalue weighted by molar-refractivity contribution is 8.29. The first kappa shape index (κ1) is 21.0. The van der Waals surface area contributed by atoms with Crippen LogP contribution in [0.2, 0.25) is 0 Å². The Morgan fingerprint density at radius 3 is 2.26 bits per heavy atom. The van der Waals surface area contributed by atoms with Crippen molar-refractivity contribution >= 4 is 49.6 Å². The van der Waals surface area contributed by atoms with E-state index in [9.17, 15) is 9.59 Å². The fraction of sp³-hybridized carbons (Fsp3) is 0.389. The van der Waals surface area contributed by atoms with Gasteiger partial charge in [0.1, 0.15) is 5.82 Å². The molecule has 4 N–H and O–H groups in total. The van der Waals surface area contributed by atoms with Gasteiger partial charge in [0, 0.05) is 35.8 Å². The first-order valence-electron chi connectivity index (χ1n) is 8.42. The predicted octanol–water partition coefficient (Wildman–Crippen LogP) is 2.46. The lowest BCUT2D eigenvalue weighted by Crippen LogP contribution is -2.27. The molecule has 1 aromatic heterocycles. The van der Waals surface area contributed by atoms with Crippen molar-refractivity contribution in [2.75, 3.05) is 22.6 Å². The second-order valence-electron chi connectivity index (χ2n) is 6.89. The number of carbonyl (C=O) groups excluding carboxylic acids is 2. The van der Waals surface area contributed by atoms with Crippen molar-refractivity contribution in [3.05, 3.63) is 36.3 Å².